The fourth-order valence-corrected chi connectivity index (χ4v) is 6.26. The van der Waals surface area contributed by atoms with Crippen LogP contribution in [-0.4, -0.2) is 49.9 Å². The molecule has 0 aromatic rings. The van der Waals surface area contributed by atoms with Gasteiger partial charge in [-0.3, -0.25) is 13.8 Å². The van der Waals surface area contributed by atoms with Gasteiger partial charge in [-0.25, -0.2) is 4.57 Å². The summed E-state index contributed by atoms with van der Waals surface area (Å²) in [7, 11) is -4.28. The first-order chi connectivity index (χ1) is 24.4. The summed E-state index contributed by atoms with van der Waals surface area (Å²) in [6.45, 7) is 4.86. The van der Waals surface area contributed by atoms with Gasteiger partial charge in [0, 0.05) is 19.6 Å². The average Bonchev–Trinajstić information content (AvgIpc) is 3.10. The van der Waals surface area contributed by atoms with Crippen LogP contribution in [0.25, 0.3) is 0 Å². The Morgan fingerprint density at radius 2 is 1.06 bits per heavy atom. The number of phosphoric acid groups is 1. The highest BCUT2D eigenvalue weighted by Crippen LogP contribution is 2.43. The number of unbranched alkanes of at least 4 members (excludes halogenated alkanes) is 20. The molecule has 0 aliphatic rings. The molecule has 0 saturated heterocycles. The maximum atomic E-state index is 12.5. The minimum atomic E-state index is -4.28. The van der Waals surface area contributed by atoms with Crippen molar-refractivity contribution in [3.8, 4) is 0 Å². The molecule has 0 radical (unpaired) electrons. The number of hydrogen-bond donors (Lipinski definition) is 2. The van der Waals surface area contributed by atoms with Crippen LogP contribution in [0, 0.1) is 0 Å². The van der Waals surface area contributed by atoms with E-state index in [1.165, 1.54) is 96.3 Å². The highest BCUT2D eigenvalue weighted by Gasteiger charge is 2.25. The van der Waals surface area contributed by atoms with Gasteiger partial charge in [0.25, 0.3) is 0 Å². The highest BCUT2D eigenvalue weighted by atomic mass is 31.2. The normalized spacial score (nSPS) is 13.9. The van der Waals surface area contributed by atoms with Crippen LogP contribution < -0.4 is 5.73 Å². The van der Waals surface area contributed by atoms with Crippen LogP contribution in [-0.2, 0) is 27.9 Å². The zero-order chi connectivity index (χ0) is 36.6. The lowest BCUT2D eigenvalue weighted by molar-refractivity contribution is -0.154. The van der Waals surface area contributed by atoms with E-state index in [2.05, 4.69) is 50.3 Å². The van der Waals surface area contributed by atoms with Crippen molar-refractivity contribution in [3.63, 3.8) is 0 Å². The molecule has 0 aromatic heterocycles. The Morgan fingerprint density at radius 1 is 0.600 bits per heavy atom. The molecule has 294 valence electrons. The molecular weight excluding hydrogens is 649 g/mol. The van der Waals surface area contributed by atoms with Gasteiger partial charge >= 0.3 is 13.8 Å². The number of phosphoric ester groups is 1. The molecule has 0 aliphatic heterocycles. The molecule has 0 bridgehead atoms. The molecule has 0 amide bonds. The van der Waals surface area contributed by atoms with E-state index in [9.17, 15) is 14.3 Å². The maximum absolute atomic E-state index is 12.5. The molecule has 3 N–H and O–H groups in total. The van der Waals surface area contributed by atoms with Crippen LogP contribution in [0.4, 0.5) is 0 Å². The molecule has 0 spiro atoms. The first kappa shape index (κ1) is 48.7. The van der Waals surface area contributed by atoms with Crippen LogP contribution in [0.2, 0.25) is 0 Å². The topological polar surface area (TPSA) is 117 Å². The lowest BCUT2D eigenvalue weighted by Crippen LogP contribution is -2.28. The van der Waals surface area contributed by atoms with Gasteiger partial charge in [-0.05, 0) is 70.6 Å². The van der Waals surface area contributed by atoms with E-state index in [1.807, 2.05) is 0 Å². The monoisotopic (exact) mass is 728 g/mol. The quantitative estimate of drug-likeness (QED) is 0.0278. The average molecular weight is 728 g/mol. The fourth-order valence-electron chi connectivity index (χ4n) is 5.49. The molecule has 0 aromatic carbocycles. The summed E-state index contributed by atoms with van der Waals surface area (Å²) in [5.41, 5.74) is 5.36. The zero-order valence-corrected chi connectivity index (χ0v) is 33.3. The Hall–Kier alpha value is -1.28. The second-order valence-electron chi connectivity index (χ2n) is 13.5. The number of hydrogen-bond acceptors (Lipinski definition) is 7. The van der Waals surface area contributed by atoms with Crippen molar-refractivity contribution in [2.75, 3.05) is 33.0 Å². The highest BCUT2D eigenvalue weighted by molar-refractivity contribution is 7.47. The molecule has 0 aliphatic carbocycles. The summed E-state index contributed by atoms with van der Waals surface area (Å²) in [5, 5.41) is 0. The molecule has 0 fully saturated rings. The molecule has 8 nitrogen and oxygen atoms in total. The first-order valence-electron chi connectivity index (χ1n) is 20.5. The third kappa shape index (κ3) is 38.0. The lowest BCUT2D eigenvalue weighted by Gasteiger charge is -2.20. The van der Waals surface area contributed by atoms with Crippen molar-refractivity contribution in [2.24, 2.45) is 5.73 Å². The number of rotatable bonds is 39. The van der Waals surface area contributed by atoms with E-state index >= 15 is 0 Å². The van der Waals surface area contributed by atoms with Crippen molar-refractivity contribution >= 4 is 13.8 Å². The van der Waals surface area contributed by atoms with E-state index in [4.69, 9.17) is 24.3 Å². The number of carbonyl (C=O) groups is 1. The Balaban J connectivity index is 4.09. The van der Waals surface area contributed by atoms with E-state index < -0.39 is 13.9 Å². The van der Waals surface area contributed by atoms with E-state index in [-0.39, 0.29) is 32.3 Å². The van der Waals surface area contributed by atoms with Crippen molar-refractivity contribution in [3.05, 3.63) is 36.5 Å². The molecule has 0 heterocycles. The summed E-state index contributed by atoms with van der Waals surface area (Å²) in [4.78, 5) is 22.4. The Morgan fingerprint density at radius 3 is 1.60 bits per heavy atom. The number of allylic oxidation sites excluding steroid dienone is 6. The third-order valence-corrected chi connectivity index (χ3v) is 9.51. The minimum absolute atomic E-state index is 0.0968. The third-order valence-electron chi connectivity index (χ3n) is 8.53. The van der Waals surface area contributed by atoms with E-state index in [0.29, 0.717) is 13.0 Å². The van der Waals surface area contributed by atoms with Crippen molar-refractivity contribution in [2.45, 2.75) is 187 Å². The lowest BCUT2D eigenvalue weighted by atomic mass is 10.1. The Kier molecular flexibility index (Phi) is 37.9. The van der Waals surface area contributed by atoms with Crippen LogP contribution in [0.15, 0.2) is 36.5 Å². The Bertz CT molecular complexity index is 864. The molecule has 2 atom stereocenters. The second kappa shape index (κ2) is 38.9. The van der Waals surface area contributed by atoms with Gasteiger partial charge in [0.2, 0.25) is 0 Å². The number of carbonyl (C=O) groups excluding carboxylic acids is 1. The summed E-state index contributed by atoms with van der Waals surface area (Å²) in [6.07, 6.45) is 43.0. The van der Waals surface area contributed by atoms with Gasteiger partial charge in [0.15, 0.2) is 0 Å². The fraction of sp³-hybridized carbons (Fsp3) is 0.829. The molecule has 50 heavy (non-hydrogen) atoms. The zero-order valence-electron chi connectivity index (χ0n) is 32.4. The summed E-state index contributed by atoms with van der Waals surface area (Å²) in [5.74, 6) is -0.344. The first-order valence-corrected chi connectivity index (χ1v) is 22.0. The van der Waals surface area contributed by atoms with E-state index in [1.54, 1.807) is 0 Å². The van der Waals surface area contributed by atoms with Gasteiger partial charge < -0.3 is 20.1 Å². The number of ether oxygens (including phenoxy) is 2. The number of esters is 1. The second-order valence-corrected chi connectivity index (χ2v) is 14.9. The predicted octanol–water partition coefficient (Wildman–Crippen LogP) is 11.9. The smallest absolute Gasteiger partial charge is 0.457 e. The summed E-state index contributed by atoms with van der Waals surface area (Å²) in [6, 6.07) is 0. The van der Waals surface area contributed by atoms with E-state index in [0.717, 1.165) is 64.2 Å². The van der Waals surface area contributed by atoms with Crippen molar-refractivity contribution in [1.29, 1.82) is 0 Å². The Labute approximate surface area is 308 Å². The summed E-state index contributed by atoms with van der Waals surface area (Å²) >= 11 is 0. The molecule has 0 rings (SSSR count). The van der Waals surface area contributed by atoms with Gasteiger partial charge in [0.05, 0.1) is 19.8 Å². The van der Waals surface area contributed by atoms with Gasteiger partial charge in [-0.15, -0.1) is 0 Å². The van der Waals surface area contributed by atoms with Gasteiger partial charge in [0.1, 0.15) is 6.10 Å². The van der Waals surface area contributed by atoms with Gasteiger partial charge in [-0.1, -0.05) is 140 Å². The van der Waals surface area contributed by atoms with Crippen molar-refractivity contribution in [1.82, 2.24) is 0 Å². The molecule has 2 unspecified atom stereocenters. The molecule has 9 heteroatoms. The molecule has 0 saturated carbocycles. The van der Waals surface area contributed by atoms with Crippen LogP contribution in [0.3, 0.4) is 0 Å². The molecular formula is C41H78NO7P. The number of nitrogens with two attached hydrogens (primary N) is 1. The SMILES string of the molecule is CCCCCC/C=C\C/C=C\CCCCCCCCOCC(COP(=O)(O)OCCN)OC(=O)CCCCCCC/C=C\CCCCCCC. The van der Waals surface area contributed by atoms with Gasteiger partial charge in [-0.2, -0.15) is 0 Å². The predicted molar refractivity (Wildman–Crippen MR) is 210 cm³/mol. The largest absolute Gasteiger partial charge is 0.472 e. The maximum Gasteiger partial charge on any atom is 0.472 e. The van der Waals surface area contributed by atoms with Crippen LogP contribution in [0.5, 0.6) is 0 Å². The van der Waals surface area contributed by atoms with Crippen LogP contribution in [0.1, 0.15) is 181 Å². The summed E-state index contributed by atoms with van der Waals surface area (Å²) < 4.78 is 33.3. The van der Waals surface area contributed by atoms with Crippen LogP contribution >= 0.6 is 7.82 Å². The van der Waals surface area contributed by atoms with Crippen molar-refractivity contribution < 1.29 is 32.8 Å². The minimum Gasteiger partial charge on any atom is -0.457 e. The standard InChI is InChI=1S/C41H78NO7P/c1-3-5-7-9-11-13-15-17-19-20-21-23-25-27-29-31-33-36-46-38-40(39-48-50(44,45)47-37-35-42)49-41(43)34-32-30-28-26-24-22-18-16-14-12-10-8-6-4-2/h13,15-16,18-20,40H,3-12,14,17,21-39,42H2,1-2H3,(H,44,45)/b15-13-,18-16-,20-19-.